The second kappa shape index (κ2) is 13.4. The molecule has 0 N–H and O–H groups in total. The number of terminal acetylenes is 2. The molecule has 5 nitrogen and oxygen atoms in total. The molecule has 0 saturated carbocycles. The first kappa shape index (κ1) is 17.9. The van der Waals surface area contributed by atoms with E-state index in [9.17, 15) is 0 Å². The van der Waals surface area contributed by atoms with Gasteiger partial charge in [0.1, 0.15) is 13.2 Å². The Balaban J connectivity index is 3.95. The summed E-state index contributed by atoms with van der Waals surface area (Å²) in [6.07, 6.45) is 10.1. The minimum absolute atomic E-state index is 0.0877. The van der Waals surface area contributed by atoms with Gasteiger partial charge in [-0.15, -0.1) is 12.8 Å². The summed E-state index contributed by atoms with van der Waals surface area (Å²) >= 11 is 10.2. The van der Waals surface area contributed by atoms with Crippen LogP contribution in [-0.4, -0.2) is 33.0 Å². The van der Waals surface area contributed by atoms with Crippen LogP contribution < -0.4 is 0 Å². The quantitative estimate of drug-likeness (QED) is 0.333. The lowest BCUT2D eigenvalue weighted by Gasteiger charge is -2.17. The number of hydrogen-bond acceptors (Lipinski definition) is 5. The molecule has 0 aliphatic heterocycles. The van der Waals surface area contributed by atoms with E-state index in [1.165, 1.54) is 0 Å². The first-order valence-corrected chi connectivity index (χ1v) is 6.52. The zero-order valence-electron chi connectivity index (χ0n) is 9.51. The third-order valence-electron chi connectivity index (χ3n) is 1.61. The highest BCUT2D eigenvalue weighted by Gasteiger charge is 2.17. The molecule has 18 heavy (non-hydrogen) atoms. The zero-order chi connectivity index (χ0) is 13.6. The van der Waals surface area contributed by atoms with Crippen molar-refractivity contribution in [3.05, 3.63) is 0 Å². The predicted octanol–water partition coefficient (Wildman–Crippen LogP) is 2.49. The highest BCUT2D eigenvalue weighted by atomic mass is 35.5. The minimum Gasteiger partial charge on any atom is -0.368 e. The van der Waals surface area contributed by atoms with E-state index in [0.29, 0.717) is 13.2 Å². The monoisotopic (exact) mass is 314 g/mol. The lowest BCUT2D eigenvalue weighted by Crippen LogP contribution is -2.21. The Morgan fingerprint density at radius 3 is 1.83 bits per heavy atom. The average molecular weight is 315 g/mol. The van der Waals surface area contributed by atoms with E-state index in [2.05, 4.69) is 20.0 Å². The van der Waals surface area contributed by atoms with Crippen LogP contribution in [0.5, 0.6) is 0 Å². The first-order chi connectivity index (χ1) is 8.78. The molecule has 0 spiro atoms. The molecule has 102 valence electrons. The Labute approximate surface area is 118 Å². The van der Waals surface area contributed by atoms with Crippen LogP contribution in [0.1, 0.15) is 0 Å². The molecule has 0 rings (SSSR count). The van der Waals surface area contributed by atoms with Crippen molar-refractivity contribution in [3.63, 3.8) is 0 Å². The third-order valence-corrected chi connectivity index (χ3v) is 2.87. The van der Waals surface area contributed by atoms with Gasteiger partial charge in [0.15, 0.2) is 0 Å². The van der Waals surface area contributed by atoms with Gasteiger partial charge in [-0.3, -0.25) is 0 Å². The molecule has 0 aliphatic carbocycles. The Kier molecular flexibility index (Phi) is 13.3. The molecule has 8 heteroatoms. The van der Waals surface area contributed by atoms with Gasteiger partial charge in [-0.2, -0.15) is 8.15 Å². The van der Waals surface area contributed by atoms with Crippen LogP contribution >= 0.6 is 32.3 Å². The summed E-state index contributed by atoms with van der Waals surface area (Å²) in [6, 6.07) is 0. The highest BCUT2D eigenvalue weighted by Crippen LogP contribution is 2.42. The van der Waals surface area contributed by atoms with Crippen molar-refractivity contribution >= 4 is 32.3 Å². The van der Waals surface area contributed by atoms with Crippen molar-refractivity contribution in [1.29, 1.82) is 0 Å². The van der Waals surface area contributed by atoms with E-state index >= 15 is 0 Å². The third kappa shape index (κ3) is 9.91. The number of ether oxygens (including phenoxy) is 2. The molecular weight excluding hydrogens is 302 g/mol. The molecule has 0 radical (unpaired) electrons. The lowest BCUT2D eigenvalue weighted by atomic mass is 10.2. The van der Waals surface area contributed by atoms with Gasteiger partial charge in [-0.25, -0.2) is 0 Å². The van der Waals surface area contributed by atoms with Crippen LogP contribution in [0.25, 0.3) is 0 Å². The maximum atomic E-state index is 5.19. The van der Waals surface area contributed by atoms with E-state index in [-0.39, 0.29) is 25.7 Å². The number of rotatable bonds is 11. The van der Waals surface area contributed by atoms with Gasteiger partial charge in [0, 0.05) is 5.92 Å². The predicted molar refractivity (Wildman–Crippen MR) is 69.5 cm³/mol. The van der Waals surface area contributed by atoms with Crippen molar-refractivity contribution < 1.29 is 22.1 Å². The van der Waals surface area contributed by atoms with Gasteiger partial charge >= 0.3 is 8.60 Å². The molecule has 0 aromatic rings. The summed E-state index contributed by atoms with van der Waals surface area (Å²) in [4.78, 5) is 0. The summed E-state index contributed by atoms with van der Waals surface area (Å²) < 4.78 is 24.2. The van der Waals surface area contributed by atoms with Gasteiger partial charge < -0.3 is 14.0 Å². The van der Waals surface area contributed by atoms with Crippen LogP contribution in [0.4, 0.5) is 0 Å². The van der Waals surface area contributed by atoms with E-state index in [0.717, 1.165) is 0 Å². The summed E-state index contributed by atoms with van der Waals surface area (Å²) in [5.41, 5.74) is 0. The SMILES string of the molecule is C#CCOCC(COCC#C)COP(OCl)OCl. The lowest BCUT2D eigenvalue weighted by molar-refractivity contribution is 0.0381. The minimum atomic E-state index is -1.79. The molecule has 0 unspecified atom stereocenters. The number of hydrogen-bond donors (Lipinski definition) is 0. The Morgan fingerprint density at radius 1 is 0.944 bits per heavy atom. The Hall–Kier alpha value is -0.0700. The molecule has 0 aromatic heterocycles. The second-order valence-electron chi connectivity index (χ2n) is 2.96. The summed E-state index contributed by atoms with van der Waals surface area (Å²) in [5, 5.41) is 0. The first-order valence-electron chi connectivity index (χ1n) is 4.81. The Morgan fingerprint density at radius 2 is 1.44 bits per heavy atom. The van der Waals surface area contributed by atoms with Gasteiger partial charge in [0.2, 0.25) is 0 Å². The van der Waals surface area contributed by atoms with Crippen molar-refractivity contribution in [2.75, 3.05) is 33.0 Å². The summed E-state index contributed by atoms with van der Waals surface area (Å²) in [7, 11) is -1.79. The molecule has 0 aliphatic rings. The van der Waals surface area contributed by atoms with Gasteiger partial charge in [-0.05, 0) is 0 Å². The van der Waals surface area contributed by atoms with E-state index in [1.54, 1.807) is 0 Å². The van der Waals surface area contributed by atoms with Crippen molar-refractivity contribution in [2.45, 2.75) is 0 Å². The smallest absolute Gasteiger partial charge is 0.368 e. The average Bonchev–Trinajstić information content (AvgIpc) is 2.39. The van der Waals surface area contributed by atoms with Gasteiger partial charge in [0.25, 0.3) is 0 Å². The molecule has 0 fully saturated rings. The van der Waals surface area contributed by atoms with Crippen LogP contribution in [0.3, 0.4) is 0 Å². The highest BCUT2D eigenvalue weighted by molar-refractivity contribution is 7.43. The molecule has 0 amide bonds. The molecule has 0 aromatic carbocycles. The molecule has 0 heterocycles. The maximum Gasteiger partial charge on any atom is 0.368 e. The summed E-state index contributed by atoms with van der Waals surface area (Å²) in [6.45, 7) is 1.34. The number of halogens is 2. The van der Waals surface area contributed by atoms with Crippen molar-refractivity contribution in [2.24, 2.45) is 5.92 Å². The topological polar surface area (TPSA) is 46.2 Å². The fraction of sp³-hybridized carbons (Fsp3) is 0.600. The van der Waals surface area contributed by atoms with Crippen LogP contribution in [0.2, 0.25) is 0 Å². The maximum absolute atomic E-state index is 5.19. The van der Waals surface area contributed by atoms with E-state index in [4.69, 9.17) is 50.6 Å². The van der Waals surface area contributed by atoms with E-state index in [1.807, 2.05) is 0 Å². The van der Waals surface area contributed by atoms with Crippen molar-refractivity contribution in [3.8, 4) is 24.7 Å². The van der Waals surface area contributed by atoms with Gasteiger partial charge in [-0.1, -0.05) is 11.8 Å². The normalized spacial score (nSPS) is 10.6. The van der Waals surface area contributed by atoms with Crippen molar-refractivity contribution in [1.82, 2.24) is 0 Å². The second-order valence-corrected chi connectivity index (χ2v) is 4.77. The molecular formula is C10H13Cl2O5P. The van der Waals surface area contributed by atoms with Crippen LogP contribution in [0.15, 0.2) is 0 Å². The van der Waals surface area contributed by atoms with E-state index < -0.39 is 8.60 Å². The molecule has 0 atom stereocenters. The summed E-state index contributed by atoms with van der Waals surface area (Å²) in [5.74, 6) is 4.62. The van der Waals surface area contributed by atoms with Crippen LogP contribution in [0, 0.1) is 30.6 Å². The van der Waals surface area contributed by atoms with Gasteiger partial charge in [0.05, 0.1) is 43.6 Å². The fourth-order valence-electron chi connectivity index (χ4n) is 0.930. The zero-order valence-corrected chi connectivity index (χ0v) is 11.9. The largest absolute Gasteiger partial charge is 0.368 e. The van der Waals surface area contributed by atoms with Crippen LogP contribution in [-0.2, 0) is 22.1 Å². The fourth-order valence-corrected chi connectivity index (χ4v) is 1.86. The molecule has 0 bridgehead atoms. The molecule has 0 saturated heterocycles. The Bertz CT molecular complexity index is 254. The standard InChI is InChI=1S/C10H13Cl2O5P/c1-3-5-13-7-10(8-14-6-4-2)9-15-18(16-11)17-12/h1-2,10H,5-9H2.